The van der Waals surface area contributed by atoms with Crippen LogP contribution in [0.1, 0.15) is 45.4 Å². The molecule has 5 nitrogen and oxygen atoms in total. The van der Waals surface area contributed by atoms with Gasteiger partial charge in [0.25, 0.3) is 0 Å². The van der Waals surface area contributed by atoms with Gasteiger partial charge in [-0.15, -0.1) is 0 Å². The molecule has 2 unspecified atom stereocenters. The lowest BCUT2D eigenvalue weighted by atomic mass is 9.78. The molecule has 0 amide bonds. The Hall–Kier alpha value is -0.650. The van der Waals surface area contributed by atoms with Crippen molar-refractivity contribution < 1.29 is 14.6 Å². The minimum absolute atomic E-state index is 0.397. The van der Waals surface area contributed by atoms with Gasteiger partial charge in [-0.2, -0.15) is 0 Å². The summed E-state index contributed by atoms with van der Waals surface area (Å²) in [6.07, 6.45) is 6.11. The van der Waals surface area contributed by atoms with Gasteiger partial charge in [-0.25, -0.2) is 0 Å². The predicted molar refractivity (Wildman–Crippen MR) is 77.9 cm³/mol. The summed E-state index contributed by atoms with van der Waals surface area (Å²) in [6.45, 7) is 4.90. The highest BCUT2D eigenvalue weighted by molar-refractivity contribution is 5.79. The van der Waals surface area contributed by atoms with Crippen molar-refractivity contribution in [3.05, 3.63) is 0 Å². The highest BCUT2D eigenvalue weighted by Gasteiger charge is 2.43. The number of carboxylic acid groups (broad SMARTS) is 1. The molecule has 1 aliphatic carbocycles. The first kappa shape index (κ1) is 15.7. The minimum Gasteiger partial charge on any atom is -0.480 e. The number of rotatable bonds is 5. The average molecular weight is 284 g/mol. The summed E-state index contributed by atoms with van der Waals surface area (Å²) in [7, 11) is 1.78. The molecule has 2 aliphatic rings. The van der Waals surface area contributed by atoms with Crippen molar-refractivity contribution in [1.82, 2.24) is 10.2 Å². The van der Waals surface area contributed by atoms with Crippen molar-refractivity contribution in [2.24, 2.45) is 0 Å². The van der Waals surface area contributed by atoms with Crippen LogP contribution in [0.4, 0.5) is 0 Å². The first-order valence-corrected chi connectivity index (χ1v) is 7.89. The molecule has 2 atom stereocenters. The molecule has 0 aromatic carbocycles. The molecule has 0 aromatic heterocycles. The lowest BCUT2D eigenvalue weighted by Gasteiger charge is -2.44. The number of likely N-dealkylation sites (N-methyl/N-ethyl adjacent to an activating group) is 1. The van der Waals surface area contributed by atoms with E-state index in [1.807, 2.05) is 6.92 Å². The Morgan fingerprint density at radius 3 is 2.65 bits per heavy atom. The number of hydrogen-bond donors (Lipinski definition) is 2. The average Bonchev–Trinajstić information content (AvgIpc) is 2.48. The Bertz CT molecular complexity index is 329. The van der Waals surface area contributed by atoms with E-state index in [1.165, 1.54) is 0 Å². The zero-order chi connectivity index (χ0) is 14.6. The number of carbonyl (C=O) groups is 1. The third-order valence-corrected chi connectivity index (χ3v) is 5.01. The molecule has 2 N–H and O–H groups in total. The van der Waals surface area contributed by atoms with E-state index in [9.17, 15) is 9.90 Å². The molecule has 0 aromatic rings. The van der Waals surface area contributed by atoms with E-state index in [4.69, 9.17) is 4.74 Å². The van der Waals surface area contributed by atoms with Crippen LogP contribution in [0.25, 0.3) is 0 Å². The van der Waals surface area contributed by atoms with E-state index in [1.54, 1.807) is 7.05 Å². The lowest BCUT2D eigenvalue weighted by Crippen LogP contribution is -2.58. The molecule has 1 aliphatic heterocycles. The van der Waals surface area contributed by atoms with Gasteiger partial charge in [-0.1, -0.05) is 0 Å². The molecule has 0 spiro atoms. The third kappa shape index (κ3) is 3.32. The standard InChI is InChI=1S/C15H28N2O3/c1-3-20-13-6-9-17(10-7-13)12-5-4-8-15(11-12,16-2)14(18)19/h12-13,16H,3-11H2,1-2H3,(H,18,19). The second kappa shape index (κ2) is 6.87. The number of hydrogen-bond acceptors (Lipinski definition) is 4. The van der Waals surface area contributed by atoms with Gasteiger partial charge in [-0.05, 0) is 52.5 Å². The smallest absolute Gasteiger partial charge is 0.323 e. The SMILES string of the molecule is CCOC1CCN(C2CCCC(NC)(C(=O)O)C2)CC1. The molecule has 116 valence electrons. The maximum Gasteiger partial charge on any atom is 0.323 e. The summed E-state index contributed by atoms with van der Waals surface area (Å²) in [5, 5.41) is 12.6. The Labute approximate surface area is 121 Å². The molecule has 5 heteroatoms. The second-order valence-electron chi connectivity index (χ2n) is 6.08. The molecular formula is C15H28N2O3. The Morgan fingerprint density at radius 1 is 1.40 bits per heavy atom. The first-order chi connectivity index (χ1) is 9.61. The van der Waals surface area contributed by atoms with Crippen LogP contribution in [-0.2, 0) is 9.53 Å². The van der Waals surface area contributed by atoms with Crippen LogP contribution in [0, 0.1) is 0 Å². The number of carboxylic acids is 1. The zero-order valence-electron chi connectivity index (χ0n) is 12.7. The van der Waals surface area contributed by atoms with E-state index in [2.05, 4.69) is 10.2 Å². The fourth-order valence-corrected chi connectivity index (χ4v) is 3.73. The summed E-state index contributed by atoms with van der Waals surface area (Å²) in [5.74, 6) is -0.700. The number of nitrogens with zero attached hydrogens (tertiary/aromatic N) is 1. The quantitative estimate of drug-likeness (QED) is 0.800. The van der Waals surface area contributed by atoms with Crippen LogP contribution in [-0.4, -0.2) is 60.4 Å². The summed E-state index contributed by atoms with van der Waals surface area (Å²) in [6, 6.07) is 0.398. The van der Waals surface area contributed by atoms with Crippen LogP contribution < -0.4 is 5.32 Å². The molecule has 1 saturated carbocycles. The number of nitrogens with one attached hydrogen (secondary N) is 1. The van der Waals surface area contributed by atoms with Crippen molar-refractivity contribution in [2.75, 3.05) is 26.7 Å². The lowest BCUT2D eigenvalue weighted by molar-refractivity contribution is -0.147. The largest absolute Gasteiger partial charge is 0.480 e. The summed E-state index contributed by atoms with van der Waals surface area (Å²) >= 11 is 0. The van der Waals surface area contributed by atoms with Crippen LogP contribution in [0.5, 0.6) is 0 Å². The monoisotopic (exact) mass is 284 g/mol. The van der Waals surface area contributed by atoms with Crippen molar-refractivity contribution >= 4 is 5.97 Å². The van der Waals surface area contributed by atoms with E-state index < -0.39 is 11.5 Å². The van der Waals surface area contributed by atoms with Gasteiger partial charge in [0.05, 0.1) is 6.10 Å². The molecule has 2 fully saturated rings. The van der Waals surface area contributed by atoms with Crippen LogP contribution in [0.15, 0.2) is 0 Å². The van der Waals surface area contributed by atoms with Crippen molar-refractivity contribution in [3.63, 3.8) is 0 Å². The fourth-order valence-electron chi connectivity index (χ4n) is 3.73. The minimum atomic E-state index is -0.723. The van der Waals surface area contributed by atoms with Crippen molar-refractivity contribution in [1.29, 1.82) is 0 Å². The predicted octanol–water partition coefficient (Wildman–Crippen LogP) is 1.47. The van der Waals surface area contributed by atoms with Crippen molar-refractivity contribution in [2.45, 2.75) is 63.1 Å². The number of piperidine rings is 1. The van der Waals surface area contributed by atoms with Gasteiger partial charge in [0.15, 0.2) is 0 Å². The van der Waals surface area contributed by atoms with Gasteiger partial charge in [0.2, 0.25) is 0 Å². The van der Waals surface area contributed by atoms with Gasteiger partial charge in [0, 0.05) is 25.7 Å². The third-order valence-electron chi connectivity index (χ3n) is 5.01. The topological polar surface area (TPSA) is 61.8 Å². The maximum absolute atomic E-state index is 11.6. The van der Waals surface area contributed by atoms with Gasteiger partial charge in [0.1, 0.15) is 5.54 Å². The van der Waals surface area contributed by atoms with E-state index in [0.29, 0.717) is 12.1 Å². The summed E-state index contributed by atoms with van der Waals surface area (Å²) in [4.78, 5) is 14.0. The van der Waals surface area contributed by atoms with Crippen LogP contribution >= 0.6 is 0 Å². The Morgan fingerprint density at radius 2 is 2.10 bits per heavy atom. The molecule has 0 radical (unpaired) electrons. The fraction of sp³-hybridized carbons (Fsp3) is 0.933. The van der Waals surface area contributed by atoms with Gasteiger partial charge in [-0.3, -0.25) is 4.79 Å². The second-order valence-corrected chi connectivity index (χ2v) is 6.08. The number of likely N-dealkylation sites (tertiary alicyclic amines) is 1. The van der Waals surface area contributed by atoms with E-state index >= 15 is 0 Å². The number of ether oxygens (including phenoxy) is 1. The van der Waals surface area contributed by atoms with Crippen LogP contribution in [0.3, 0.4) is 0 Å². The van der Waals surface area contributed by atoms with Gasteiger partial charge >= 0.3 is 5.97 Å². The van der Waals surface area contributed by atoms with Crippen molar-refractivity contribution in [3.8, 4) is 0 Å². The normalized spacial score (nSPS) is 33.2. The van der Waals surface area contributed by atoms with E-state index in [0.717, 1.165) is 58.2 Å². The molecule has 20 heavy (non-hydrogen) atoms. The molecule has 0 bridgehead atoms. The maximum atomic E-state index is 11.6. The summed E-state index contributed by atoms with van der Waals surface area (Å²) in [5.41, 5.74) is -0.723. The Kier molecular flexibility index (Phi) is 5.41. The zero-order valence-corrected chi connectivity index (χ0v) is 12.7. The molecular weight excluding hydrogens is 256 g/mol. The highest BCUT2D eigenvalue weighted by atomic mass is 16.5. The highest BCUT2D eigenvalue weighted by Crippen LogP contribution is 2.32. The molecule has 2 rings (SSSR count). The summed E-state index contributed by atoms with van der Waals surface area (Å²) < 4.78 is 5.69. The molecule has 1 heterocycles. The van der Waals surface area contributed by atoms with Gasteiger partial charge < -0.3 is 20.1 Å². The van der Waals surface area contributed by atoms with Crippen LogP contribution in [0.2, 0.25) is 0 Å². The van der Waals surface area contributed by atoms with E-state index in [-0.39, 0.29) is 0 Å². The first-order valence-electron chi connectivity index (χ1n) is 7.89. The Balaban J connectivity index is 1.91. The molecule has 1 saturated heterocycles. The number of aliphatic carboxylic acids is 1.